The molecule has 1 aliphatic rings. The Morgan fingerprint density at radius 2 is 2.17 bits per heavy atom. The lowest BCUT2D eigenvalue weighted by atomic mass is 10.1. The van der Waals surface area contributed by atoms with E-state index < -0.39 is 28.4 Å². The molecule has 0 aliphatic carbocycles. The van der Waals surface area contributed by atoms with Gasteiger partial charge in [-0.3, -0.25) is 4.79 Å². The molecule has 122 valence electrons. The Labute approximate surface area is 137 Å². The second-order valence-electron chi connectivity index (χ2n) is 5.15. The number of ether oxygens (including phenoxy) is 2. The van der Waals surface area contributed by atoms with Crippen molar-refractivity contribution in [3.8, 4) is 5.75 Å². The highest BCUT2D eigenvalue weighted by molar-refractivity contribution is 9.10. The molecule has 0 fully saturated rings. The van der Waals surface area contributed by atoms with Gasteiger partial charge in [-0.05, 0) is 29.8 Å². The van der Waals surface area contributed by atoms with E-state index in [4.69, 9.17) is 9.47 Å². The Hall–Kier alpha value is -1.96. The Kier molecular flexibility index (Phi) is 3.87. The Balaban J connectivity index is 2.49. The molecule has 8 heteroatoms. The maximum Gasteiger partial charge on any atom is 0.343 e. The third-order valence-electron chi connectivity index (χ3n) is 3.69. The summed E-state index contributed by atoms with van der Waals surface area (Å²) in [5.74, 6) is -3.37. The van der Waals surface area contributed by atoms with Crippen LogP contribution in [0.2, 0.25) is 0 Å². The number of aromatic nitrogens is 1. The molecule has 0 amide bonds. The molecule has 5 nitrogen and oxygen atoms in total. The van der Waals surface area contributed by atoms with Crippen LogP contribution in [0, 0.1) is 11.6 Å². The fraction of sp³-hybridized carbons (Fsp3) is 0.333. The number of pyridine rings is 1. The van der Waals surface area contributed by atoms with Gasteiger partial charge in [0.15, 0.2) is 17.4 Å². The van der Waals surface area contributed by atoms with Crippen molar-refractivity contribution in [1.29, 1.82) is 0 Å². The molecule has 0 radical (unpaired) electrons. The van der Waals surface area contributed by atoms with E-state index in [2.05, 4.69) is 15.9 Å². The Bertz CT molecular complexity index is 894. The number of hydrogen-bond acceptors (Lipinski definition) is 4. The lowest BCUT2D eigenvalue weighted by molar-refractivity contribution is 0.0523. The first-order chi connectivity index (χ1) is 10.9. The minimum atomic E-state index is -1.32. The van der Waals surface area contributed by atoms with Crippen LogP contribution in [0.4, 0.5) is 8.78 Å². The summed E-state index contributed by atoms with van der Waals surface area (Å²) >= 11 is 2.95. The molecule has 0 bridgehead atoms. The highest BCUT2D eigenvalue weighted by Gasteiger charge is 2.30. The molecule has 1 aliphatic heterocycles. The molecular weight excluding hydrogens is 376 g/mol. The van der Waals surface area contributed by atoms with Gasteiger partial charge < -0.3 is 14.0 Å². The van der Waals surface area contributed by atoms with Gasteiger partial charge in [0, 0.05) is 6.20 Å². The van der Waals surface area contributed by atoms with Crippen molar-refractivity contribution in [2.24, 2.45) is 0 Å². The zero-order chi connectivity index (χ0) is 16.9. The number of carbonyl (C=O) groups is 1. The third-order valence-corrected chi connectivity index (χ3v) is 4.40. The number of carbonyl (C=O) groups excluding carboxylic acids is 1. The van der Waals surface area contributed by atoms with Crippen LogP contribution in [0.1, 0.15) is 30.2 Å². The first-order valence-electron chi connectivity index (χ1n) is 6.93. The molecule has 1 atom stereocenters. The predicted molar refractivity (Wildman–Crippen MR) is 82.0 cm³/mol. The van der Waals surface area contributed by atoms with E-state index in [0.29, 0.717) is 0 Å². The smallest absolute Gasteiger partial charge is 0.343 e. The van der Waals surface area contributed by atoms with Crippen LogP contribution in [0.25, 0.3) is 10.9 Å². The van der Waals surface area contributed by atoms with Crippen LogP contribution < -0.4 is 10.2 Å². The number of rotatable bonds is 2. The van der Waals surface area contributed by atoms with Crippen LogP contribution in [-0.2, 0) is 4.74 Å². The van der Waals surface area contributed by atoms with Gasteiger partial charge in [0.05, 0.1) is 23.6 Å². The standard InChI is InChI=1S/C15H12BrF2NO4/c1-3-22-15(21)7-4-19-6(2)5-23-14-9(16)11(18)10(17)8(12(14)19)13(7)20/h4,6H,3,5H2,1-2H3/t6-/m0/s1. The van der Waals surface area contributed by atoms with Gasteiger partial charge in [-0.2, -0.15) is 0 Å². The number of benzene rings is 1. The van der Waals surface area contributed by atoms with Gasteiger partial charge in [-0.15, -0.1) is 0 Å². The summed E-state index contributed by atoms with van der Waals surface area (Å²) in [4.78, 5) is 24.4. The quantitative estimate of drug-likeness (QED) is 0.586. The predicted octanol–water partition coefficient (Wildman–Crippen LogP) is 3.17. The first kappa shape index (κ1) is 15.9. The lowest BCUT2D eigenvalue weighted by Gasteiger charge is -2.28. The van der Waals surface area contributed by atoms with Crippen LogP contribution in [0.15, 0.2) is 15.5 Å². The number of hydrogen-bond donors (Lipinski definition) is 0. The van der Waals surface area contributed by atoms with Crippen molar-refractivity contribution < 1.29 is 23.0 Å². The number of nitrogens with zero attached hydrogens (tertiary/aromatic N) is 1. The summed E-state index contributed by atoms with van der Waals surface area (Å²) in [5, 5.41) is -0.516. The highest BCUT2D eigenvalue weighted by atomic mass is 79.9. The van der Waals surface area contributed by atoms with Crippen molar-refractivity contribution in [2.75, 3.05) is 13.2 Å². The summed E-state index contributed by atoms with van der Waals surface area (Å²) in [7, 11) is 0. The highest BCUT2D eigenvalue weighted by Crippen LogP contribution is 2.40. The van der Waals surface area contributed by atoms with Gasteiger partial charge in [0.2, 0.25) is 5.43 Å². The molecule has 0 N–H and O–H groups in total. The van der Waals surface area contributed by atoms with Gasteiger partial charge >= 0.3 is 5.97 Å². The molecule has 0 unspecified atom stereocenters. The molecular formula is C15H12BrF2NO4. The molecule has 0 saturated heterocycles. The summed E-state index contributed by atoms with van der Waals surface area (Å²) in [6, 6.07) is -0.268. The second-order valence-corrected chi connectivity index (χ2v) is 5.95. The van der Waals surface area contributed by atoms with Gasteiger partial charge in [0.1, 0.15) is 16.6 Å². The topological polar surface area (TPSA) is 57.5 Å². The average molecular weight is 388 g/mol. The van der Waals surface area contributed by atoms with Crippen molar-refractivity contribution in [2.45, 2.75) is 19.9 Å². The summed E-state index contributed by atoms with van der Waals surface area (Å²) in [5.41, 5.74) is -1.13. The van der Waals surface area contributed by atoms with Crippen molar-refractivity contribution in [1.82, 2.24) is 4.57 Å². The lowest BCUT2D eigenvalue weighted by Crippen LogP contribution is -2.28. The van der Waals surface area contributed by atoms with Crippen molar-refractivity contribution >= 4 is 32.8 Å². The van der Waals surface area contributed by atoms with Crippen molar-refractivity contribution in [3.63, 3.8) is 0 Å². The van der Waals surface area contributed by atoms with E-state index in [1.54, 1.807) is 13.8 Å². The monoisotopic (exact) mass is 387 g/mol. The molecule has 23 heavy (non-hydrogen) atoms. The maximum atomic E-state index is 14.4. The van der Waals surface area contributed by atoms with Gasteiger partial charge in [0.25, 0.3) is 0 Å². The first-order valence-corrected chi connectivity index (χ1v) is 7.73. The summed E-state index contributed by atoms with van der Waals surface area (Å²) in [6.45, 7) is 3.62. The molecule has 2 heterocycles. The molecule has 1 aromatic heterocycles. The van der Waals surface area contributed by atoms with Crippen LogP contribution in [-0.4, -0.2) is 23.8 Å². The third kappa shape index (κ3) is 2.23. The minimum Gasteiger partial charge on any atom is -0.488 e. The van der Waals surface area contributed by atoms with Gasteiger partial charge in [-0.1, -0.05) is 0 Å². The SMILES string of the molecule is CCOC(=O)c1cn2c3c(c(Br)c(F)c(F)c3c1=O)OC[C@@H]2C. The van der Waals surface area contributed by atoms with Crippen molar-refractivity contribution in [3.05, 3.63) is 38.1 Å². The summed E-state index contributed by atoms with van der Waals surface area (Å²) in [6.07, 6.45) is 1.31. The largest absolute Gasteiger partial charge is 0.488 e. The zero-order valence-corrected chi connectivity index (χ0v) is 13.9. The van der Waals surface area contributed by atoms with Gasteiger partial charge in [-0.25, -0.2) is 13.6 Å². The Morgan fingerprint density at radius 1 is 1.48 bits per heavy atom. The molecule has 2 aromatic rings. The van der Waals surface area contributed by atoms with E-state index in [0.717, 1.165) is 0 Å². The maximum absolute atomic E-state index is 14.4. The zero-order valence-electron chi connectivity index (χ0n) is 12.3. The number of halogens is 3. The van der Waals surface area contributed by atoms with E-state index in [-0.39, 0.29) is 40.6 Å². The fourth-order valence-corrected chi connectivity index (χ4v) is 3.07. The fourth-order valence-electron chi connectivity index (χ4n) is 2.60. The minimum absolute atomic E-state index is 0.0458. The normalized spacial score (nSPS) is 16.3. The average Bonchev–Trinajstić information content (AvgIpc) is 2.52. The molecule has 0 saturated carbocycles. The second kappa shape index (κ2) is 5.59. The van der Waals surface area contributed by atoms with E-state index >= 15 is 0 Å². The molecule has 0 spiro atoms. The van der Waals surface area contributed by atoms with Crippen LogP contribution in [0.5, 0.6) is 5.75 Å². The molecule has 1 aromatic carbocycles. The van der Waals surface area contributed by atoms with E-state index in [1.807, 2.05) is 0 Å². The van der Waals surface area contributed by atoms with Crippen LogP contribution in [0.3, 0.4) is 0 Å². The Morgan fingerprint density at radius 3 is 2.83 bits per heavy atom. The van der Waals surface area contributed by atoms with E-state index in [9.17, 15) is 18.4 Å². The molecule has 3 rings (SSSR count). The van der Waals surface area contributed by atoms with E-state index in [1.165, 1.54) is 10.8 Å². The number of esters is 1. The van der Waals surface area contributed by atoms with Crippen LogP contribution >= 0.6 is 15.9 Å². The summed E-state index contributed by atoms with van der Waals surface area (Å²) < 4.78 is 40.0.